The fourth-order valence-corrected chi connectivity index (χ4v) is 5.22. The lowest BCUT2D eigenvalue weighted by Gasteiger charge is -2.19. The third-order valence-electron chi connectivity index (χ3n) is 4.28. The summed E-state index contributed by atoms with van der Waals surface area (Å²) in [7, 11) is 0. The Morgan fingerprint density at radius 1 is 1.14 bits per heavy atom. The van der Waals surface area contributed by atoms with Crippen molar-refractivity contribution in [2.45, 2.75) is 13.1 Å². The average Bonchev–Trinajstić information content (AvgIpc) is 3.29. The molecule has 0 bridgehead atoms. The van der Waals surface area contributed by atoms with Gasteiger partial charge in [-0.3, -0.25) is 9.69 Å². The maximum absolute atomic E-state index is 12.6. The molecule has 4 nitrogen and oxygen atoms in total. The summed E-state index contributed by atoms with van der Waals surface area (Å²) in [6.07, 6.45) is 1.85. The largest absolute Gasteiger partial charge is 0.309 e. The van der Waals surface area contributed by atoms with Crippen LogP contribution in [0.1, 0.15) is 10.7 Å². The van der Waals surface area contributed by atoms with Crippen molar-refractivity contribution in [2.75, 3.05) is 6.54 Å². The van der Waals surface area contributed by atoms with Crippen molar-refractivity contribution in [1.82, 2.24) is 14.9 Å². The second-order valence-electron chi connectivity index (χ2n) is 6.37. The van der Waals surface area contributed by atoms with Gasteiger partial charge in [-0.1, -0.05) is 48.0 Å². The molecule has 0 radical (unpaired) electrons. The van der Waals surface area contributed by atoms with Crippen LogP contribution in [-0.4, -0.2) is 21.4 Å². The molecule has 0 aliphatic carbocycles. The number of hydrogen-bond donors (Lipinski definition) is 1. The van der Waals surface area contributed by atoms with Gasteiger partial charge in [0.05, 0.1) is 16.3 Å². The summed E-state index contributed by atoms with van der Waals surface area (Å²) < 4.78 is 0.772. The lowest BCUT2D eigenvalue weighted by molar-refractivity contribution is 0.281. The number of hydrogen-bond acceptors (Lipinski definition) is 5. The molecular formula is C21H18ClN3OS2. The van der Waals surface area contributed by atoms with Crippen LogP contribution in [0.2, 0.25) is 4.34 Å². The van der Waals surface area contributed by atoms with E-state index in [1.807, 2.05) is 54.6 Å². The van der Waals surface area contributed by atoms with Crippen LogP contribution >= 0.6 is 34.3 Å². The van der Waals surface area contributed by atoms with Crippen molar-refractivity contribution in [3.8, 4) is 10.4 Å². The number of thiophene rings is 2. The second-order valence-corrected chi connectivity index (χ2v) is 9.20. The van der Waals surface area contributed by atoms with Gasteiger partial charge in [-0.2, -0.15) is 0 Å². The molecule has 0 saturated heterocycles. The third kappa shape index (κ3) is 4.25. The highest BCUT2D eigenvalue weighted by Gasteiger charge is 2.13. The fraction of sp³-hybridized carbons (Fsp3) is 0.143. The number of aromatic amines is 1. The van der Waals surface area contributed by atoms with Crippen molar-refractivity contribution in [3.63, 3.8) is 0 Å². The van der Waals surface area contributed by atoms with Gasteiger partial charge >= 0.3 is 0 Å². The highest BCUT2D eigenvalue weighted by atomic mass is 35.5. The summed E-state index contributed by atoms with van der Waals surface area (Å²) >= 11 is 9.14. The normalized spacial score (nSPS) is 11.4. The molecule has 28 heavy (non-hydrogen) atoms. The van der Waals surface area contributed by atoms with Crippen LogP contribution in [-0.2, 0) is 13.1 Å². The smallest absolute Gasteiger partial charge is 0.259 e. The van der Waals surface area contributed by atoms with E-state index in [0.717, 1.165) is 31.0 Å². The van der Waals surface area contributed by atoms with E-state index in [1.54, 1.807) is 22.7 Å². The van der Waals surface area contributed by atoms with Gasteiger partial charge in [0, 0.05) is 22.8 Å². The third-order valence-corrected chi connectivity index (χ3v) is 6.57. The summed E-state index contributed by atoms with van der Waals surface area (Å²) in [6.45, 7) is 5.79. The van der Waals surface area contributed by atoms with Crippen LogP contribution in [0.5, 0.6) is 0 Å². The molecule has 142 valence electrons. The van der Waals surface area contributed by atoms with E-state index >= 15 is 0 Å². The number of benzene rings is 1. The monoisotopic (exact) mass is 427 g/mol. The van der Waals surface area contributed by atoms with E-state index in [1.165, 1.54) is 0 Å². The first kappa shape index (κ1) is 19.1. The molecule has 7 heteroatoms. The molecule has 4 aromatic rings. The number of nitrogens with zero attached hydrogens (tertiary/aromatic N) is 2. The van der Waals surface area contributed by atoms with Crippen LogP contribution in [0, 0.1) is 0 Å². The minimum absolute atomic E-state index is 0.101. The van der Waals surface area contributed by atoms with Crippen LogP contribution in [0.3, 0.4) is 0 Å². The minimum atomic E-state index is -0.101. The molecule has 1 aromatic carbocycles. The molecule has 3 heterocycles. The van der Waals surface area contributed by atoms with Gasteiger partial charge in [0.2, 0.25) is 0 Å². The molecule has 0 unspecified atom stereocenters. The fourth-order valence-electron chi connectivity index (χ4n) is 3.03. The van der Waals surface area contributed by atoms with Gasteiger partial charge in [0.15, 0.2) is 0 Å². The summed E-state index contributed by atoms with van der Waals surface area (Å²) in [6, 6.07) is 15.9. The Morgan fingerprint density at radius 3 is 2.68 bits per heavy atom. The first-order valence-corrected chi connectivity index (χ1v) is 10.8. The highest BCUT2D eigenvalue weighted by molar-refractivity contribution is 7.21. The summed E-state index contributed by atoms with van der Waals surface area (Å²) in [5, 5.41) is 0.632. The molecule has 3 aromatic heterocycles. The Morgan fingerprint density at radius 2 is 1.96 bits per heavy atom. The first-order chi connectivity index (χ1) is 13.6. The van der Waals surface area contributed by atoms with E-state index in [2.05, 4.69) is 16.5 Å². The van der Waals surface area contributed by atoms with E-state index in [9.17, 15) is 4.79 Å². The van der Waals surface area contributed by atoms with Gasteiger partial charge in [0.1, 0.15) is 10.7 Å². The van der Waals surface area contributed by atoms with Gasteiger partial charge in [-0.05, 0) is 23.8 Å². The molecule has 1 N–H and O–H groups in total. The van der Waals surface area contributed by atoms with Gasteiger partial charge in [0.25, 0.3) is 5.56 Å². The van der Waals surface area contributed by atoms with E-state index in [4.69, 9.17) is 16.6 Å². The maximum Gasteiger partial charge on any atom is 0.259 e. The molecule has 0 saturated carbocycles. The van der Waals surface area contributed by atoms with Crippen LogP contribution < -0.4 is 5.56 Å². The van der Waals surface area contributed by atoms with Gasteiger partial charge in [-0.15, -0.1) is 29.3 Å². The van der Waals surface area contributed by atoms with E-state index in [-0.39, 0.29) is 5.56 Å². The Bertz CT molecular complexity index is 1160. The number of rotatable bonds is 7. The van der Waals surface area contributed by atoms with Gasteiger partial charge in [-0.25, -0.2) is 4.98 Å². The number of nitrogens with one attached hydrogen (secondary N) is 1. The predicted molar refractivity (Wildman–Crippen MR) is 119 cm³/mol. The maximum atomic E-state index is 12.6. The lowest BCUT2D eigenvalue weighted by Crippen LogP contribution is -2.25. The van der Waals surface area contributed by atoms with Gasteiger partial charge < -0.3 is 4.98 Å². The molecule has 0 spiro atoms. The van der Waals surface area contributed by atoms with E-state index in [0.29, 0.717) is 24.3 Å². The zero-order valence-electron chi connectivity index (χ0n) is 15.0. The lowest BCUT2D eigenvalue weighted by atomic mass is 10.2. The van der Waals surface area contributed by atoms with Crippen LogP contribution in [0.15, 0.2) is 66.0 Å². The molecule has 0 atom stereocenters. The Hall–Kier alpha value is -2.25. The van der Waals surface area contributed by atoms with E-state index < -0.39 is 0 Å². The molecule has 0 aliphatic heterocycles. The number of aromatic nitrogens is 2. The Labute approximate surface area is 175 Å². The second kappa shape index (κ2) is 8.41. The summed E-state index contributed by atoms with van der Waals surface area (Å²) in [5.41, 5.74) is 0.991. The summed E-state index contributed by atoms with van der Waals surface area (Å²) in [4.78, 5) is 25.4. The van der Waals surface area contributed by atoms with Crippen LogP contribution in [0.4, 0.5) is 0 Å². The van der Waals surface area contributed by atoms with Crippen molar-refractivity contribution in [3.05, 3.63) is 86.6 Å². The zero-order valence-corrected chi connectivity index (χ0v) is 17.4. The summed E-state index contributed by atoms with van der Waals surface area (Å²) in [5.74, 6) is 0.656. The quantitative estimate of drug-likeness (QED) is 0.393. The first-order valence-electron chi connectivity index (χ1n) is 8.78. The molecule has 4 rings (SSSR count). The standard InChI is InChI=1S/C21H18ClN3OS2/c1-2-10-25(12-15-8-9-18(22)27-15)13-19-23-20(26)16-11-17(28-21(16)24-19)14-6-4-3-5-7-14/h2-9,11H,1,10,12-13H2,(H,23,24,26). The van der Waals surface area contributed by atoms with Crippen molar-refractivity contribution >= 4 is 44.5 Å². The highest BCUT2D eigenvalue weighted by Crippen LogP contribution is 2.30. The number of H-pyrrole nitrogens is 1. The van der Waals surface area contributed by atoms with Crippen molar-refractivity contribution in [2.24, 2.45) is 0 Å². The Balaban J connectivity index is 1.62. The molecular weight excluding hydrogens is 410 g/mol. The minimum Gasteiger partial charge on any atom is -0.309 e. The molecule has 0 aliphatic rings. The molecule has 0 amide bonds. The zero-order chi connectivity index (χ0) is 19.5. The SMILES string of the molecule is C=CCN(Cc1nc2sc(-c3ccccc3)cc2c(=O)[nH]1)Cc1ccc(Cl)s1. The average molecular weight is 428 g/mol. The van der Waals surface area contributed by atoms with Crippen LogP contribution in [0.25, 0.3) is 20.7 Å². The number of fused-ring (bicyclic) bond motifs is 1. The number of halogens is 1. The molecule has 0 fully saturated rings. The predicted octanol–water partition coefficient (Wildman–Crippen LogP) is 5.55. The topological polar surface area (TPSA) is 49.0 Å². The Kier molecular flexibility index (Phi) is 5.73. The van der Waals surface area contributed by atoms with Crippen molar-refractivity contribution < 1.29 is 0 Å². The van der Waals surface area contributed by atoms with Crippen molar-refractivity contribution in [1.29, 1.82) is 0 Å².